The maximum atomic E-state index is 13.0. The summed E-state index contributed by atoms with van der Waals surface area (Å²) in [6.07, 6.45) is 1.67. The van der Waals surface area contributed by atoms with Crippen molar-refractivity contribution in [2.75, 3.05) is 12.0 Å². The van der Waals surface area contributed by atoms with E-state index < -0.39 is 10.8 Å². The summed E-state index contributed by atoms with van der Waals surface area (Å²) in [4.78, 5) is 26.0. The van der Waals surface area contributed by atoms with Crippen LogP contribution >= 0.6 is 11.3 Å². The van der Waals surface area contributed by atoms with Crippen molar-refractivity contribution in [1.29, 1.82) is 5.26 Å². The first kappa shape index (κ1) is 19.7. The van der Waals surface area contributed by atoms with Crippen LogP contribution < -0.4 is 15.4 Å². The fraction of sp³-hybridized carbons (Fsp3) is 0.238. The number of nitro groups is 1. The molecule has 0 radical (unpaired) electrons. The molecule has 1 aliphatic heterocycles. The van der Waals surface area contributed by atoms with Crippen molar-refractivity contribution in [3.63, 3.8) is 0 Å². The number of ketones is 1. The zero-order chi connectivity index (χ0) is 21.4. The maximum absolute atomic E-state index is 13.0. The van der Waals surface area contributed by atoms with Crippen molar-refractivity contribution < 1.29 is 14.5 Å². The molecule has 0 bridgehead atoms. The summed E-state index contributed by atoms with van der Waals surface area (Å²) in [5.41, 5.74) is 8.64. The van der Waals surface area contributed by atoms with E-state index in [2.05, 4.69) is 6.07 Å². The number of hydrogen-bond acceptors (Lipinski definition) is 8. The van der Waals surface area contributed by atoms with Crippen LogP contribution in [0.15, 0.2) is 59.1 Å². The highest BCUT2D eigenvalue weighted by molar-refractivity contribution is 7.15. The van der Waals surface area contributed by atoms with Gasteiger partial charge in [0.25, 0.3) is 0 Å². The number of benzene rings is 1. The van der Waals surface area contributed by atoms with E-state index in [9.17, 15) is 20.2 Å². The standard InChI is InChI=1S/C21H18N4O4S/c1-29-13-7-5-12(6-8-13)24-15-3-2-4-16(26)20(15)19(14(11-22)21(24)23)17-9-10-18(30-17)25(27)28/h5-10,19H,2-4,23H2,1H3/t19-/m1/s1. The van der Waals surface area contributed by atoms with E-state index >= 15 is 0 Å². The van der Waals surface area contributed by atoms with Crippen molar-refractivity contribution in [2.45, 2.75) is 25.2 Å². The van der Waals surface area contributed by atoms with Gasteiger partial charge in [-0.3, -0.25) is 19.8 Å². The number of ether oxygens (including phenoxy) is 1. The average molecular weight is 422 g/mol. The number of methoxy groups -OCH3 is 1. The molecule has 30 heavy (non-hydrogen) atoms. The van der Waals surface area contributed by atoms with Gasteiger partial charge in [0.05, 0.1) is 29.6 Å². The molecule has 0 unspecified atom stereocenters. The molecule has 0 amide bonds. The van der Waals surface area contributed by atoms with Gasteiger partial charge >= 0.3 is 5.00 Å². The highest BCUT2D eigenvalue weighted by Gasteiger charge is 2.41. The fourth-order valence-electron chi connectivity index (χ4n) is 3.99. The average Bonchev–Trinajstić information content (AvgIpc) is 3.23. The van der Waals surface area contributed by atoms with E-state index in [1.54, 1.807) is 30.2 Å². The molecule has 2 aromatic rings. The number of thiophene rings is 1. The third-order valence-electron chi connectivity index (χ3n) is 5.32. The molecule has 1 aromatic carbocycles. The second-order valence-corrected chi connectivity index (χ2v) is 8.04. The molecule has 152 valence electrons. The second-order valence-electron chi connectivity index (χ2n) is 6.95. The number of rotatable bonds is 4. The zero-order valence-corrected chi connectivity index (χ0v) is 16.9. The Kier molecular flexibility index (Phi) is 5.01. The van der Waals surface area contributed by atoms with E-state index in [1.807, 2.05) is 12.1 Å². The summed E-state index contributed by atoms with van der Waals surface area (Å²) in [6.45, 7) is 0. The number of anilines is 1. The molecule has 0 saturated heterocycles. The van der Waals surface area contributed by atoms with Crippen LogP contribution in [0.2, 0.25) is 0 Å². The first-order valence-electron chi connectivity index (χ1n) is 9.30. The van der Waals surface area contributed by atoms with Gasteiger partial charge in [-0.2, -0.15) is 5.26 Å². The summed E-state index contributed by atoms with van der Waals surface area (Å²) in [5, 5.41) is 21.1. The molecule has 1 aliphatic carbocycles. The van der Waals surface area contributed by atoms with Gasteiger partial charge in [-0.05, 0) is 43.2 Å². The number of carbonyl (C=O) groups excluding carboxylic acids is 1. The Morgan fingerprint density at radius 3 is 2.60 bits per heavy atom. The van der Waals surface area contributed by atoms with Gasteiger partial charge in [-0.25, -0.2) is 0 Å². The third kappa shape index (κ3) is 3.11. The van der Waals surface area contributed by atoms with Crippen LogP contribution in [0.4, 0.5) is 10.7 Å². The van der Waals surface area contributed by atoms with Crippen molar-refractivity contribution in [2.24, 2.45) is 5.73 Å². The van der Waals surface area contributed by atoms with Crippen LogP contribution in [0.5, 0.6) is 5.75 Å². The number of nitrogens with two attached hydrogens (primary N) is 1. The van der Waals surface area contributed by atoms with Crippen molar-refractivity contribution >= 4 is 27.8 Å². The molecule has 0 fully saturated rings. The third-order valence-corrected chi connectivity index (χ3v) is 6.42. The Bertz CT molecular complexity index is 1140. The van der Waals surface area contributed by atoms with Gasteiger partial charge in [0.15, 0.2) is 5.78 Å². The first-order chi connectivity index (χ1) is 14.5. The van der Waals surface area contributed by atoms with Crippen LogP contribution in [0.25, 0.3) is 0 Å². The normalized spacial score (nSPS) is 18.9. The van der Waals surface area contributed by atoms with Crippen molar-refractivity contribution in [3.05, 3.63) is 74.1 Å². The molecule has 8 nitrogen and oxygen atoms in total. The number of carbonyl (C=O) groups is 1. The number of nitriles is 1. The molecule has 2 heterocycles. The molecular weight excluding hydrogens is 404 g/mol. The number of allylic oxidation sites excluding steroid dienone is 3. The van der Waals surface area contributed by atoms with E-state index in [-0.39, 0.29) is 22.2 Å². The monoisotopic (exact) mass is 422 g/mol. The lowest BCUT2D eigenvalue weighted by molar-refractivity contribution is -0.380. The smallest absolute Gasteiger partial charge is 0.324 e. The lowest BCUT2D eigenvalue weighted by Gasteiger charge is -2.39. The molecule has 0 spiro atoms. The minimum atomic E-state index is -0.689. The fourth-order valence-corrected chi connectivity index (χ4v) is 4.93. The van der Waals surface area contributed by atoms with Crippen LogP contribution in [0.1, 0.15) is 30.1 Å². The zero-order valence-electron chi connectivity index (χ0n) is 16.1. The van der Waals surface area contributed by atoms with Crippen LogP contribution in [-0.4, -0.2) is 17.8 Å². The predicted molar refractivity (Wildman–Crippen MR) is 112 cm³/mol. The molecule has 2 aliphatic rings. The minimum Gasteiger partial charge on any atom is -0.497 e. The Balaban J connectivity index is 1.91. The number of nitrogens with zero attached hydrogens (tertiary/aromatic N) is 3. The van der Waals surface area contributed by atoms with Crippen LogP contribution in [0.3, 0.4) is 0 Å². The quantitative estimate of drug-likeness (QED) is 0.584. The summed E-state index contributed by atoms with van der Waals surface area (Å²) in [5.74, 6) is 0.163. The molecule has 1 aromatic heterocycles. The Morgan fingerprint density at radius 1 is 1.27 bits per heavy atom. The summed E-state index contributed by atoms with van der Waals surface area (Å²) >= 11 is 0.967. The Labute approximate surface area is 176 Å². The summed E-state index contributed by atoms with van der Waals surface area (Å²) in [6, 6.07) is 12.4. The van der Waals surface area contributed by atoms with Gasteiger partial charge in [-0.1, -0.05) is 11.3 Å². The number of hydrogen-bond donors (Lipinski definition) is 1. The highest BCUT2D eigenvalue weighted by atomic mass is 32.1. The Hall–Kier alpha value is -3.64. The highest BCUT2D eigenvalue weighted by Crippen LogP contribution is 2.48. The Morgan fingerprint density at radius 2 is 2.00 bits per heavy atom. The molecule has 0 saturated carbocycles. The van der Waals surface area contributed by atoms with E-state index in [4.69, 9.17) is 10.5 Å². The van der Waals surface area contributed by atoms with Crippen molar-refractivity contribution in [3.8, 4) is 11.8 Å². The van der Waals surface area contributed by atoms with Gasteiger partial charge < -0.3 is 10.5 Å². The molecule has 1 atom stereocenters. The van der Waals surface area contributed by atoms with Gasteiger partial charge in [0.1, 0.15) is 11.6 Å². The van der Waals surface area contributed by atoms with Crippen LogP contribution in [-0.2, 0) is 4.79 Å². The number of Topliss-reactive ketones (excluding diaryl/α,β-unsaturated/α-hetero) is 1. The van der Waals surface area contributed by atoms with Crippen LogP contribution in [0, 0.1) is 21.4 Å². The largest absolute Gasteiger partial charge is 0.497 e. The minimum absolute atomic E-state index is 0.0381. The van der Waals surface area contributed by atoms with E-state index in [0.717, 1.165) is 22.7 Å². The molecule has 2 N–H and O–H groups in total. The predicted octanol–water partition coefficient (Wildman–Crippen LogP) is 3.97. The van der Waals surface area contributed by atoms with E-state index in [0.29, 0.717) is 35.5 Å². The van der Waals surface area contributed by atoms with Gasteiger partial charge in [0, 0.05) is 34.3 Å². The van der Waals surface area contributed by atoms with Crippen molar-refractivity contribution in [1.82, 2.24) is 0 Å². The summed E-state index contributed by atoms with van der Waals surface area (Å²) < 4.78 is 5.21. The molecular formula is C21H18N4O4S. The molecule has 9 heteroatoms. The maximum Gasteiger partial charge on any atom is 0.324 e. The SMILES string of the molecule is COc1ccc(N2C(N)=C(C#N)[C@H](c3ccc([N+](=O)[O-])s3)C3=C2CCCC3=O)cc1. The van der Waals surface area contributed by atoms with Gasteiger partial charge in [0.2, 0.25) is 0 Å². The second kappa shape index (κ2) is 7.65. The lowest BCUT2D eigenvalue weighted by atomic mass is 9.78. The van der Waals surface area contributed by atoms with Gasteiger partial charge in [-0.15, -0.1) is 0 Å². The lowest BCUT2D eigenvalue weighted by Crippen LogP contribution is -2.38. The first-order valence-corrected chi connectivity index (χ1v) is 10.1. The molecule has 4 rings (SSSR count). The van der Waals surface area contributed by atoms with E-state index in [1.165, 1.54) is 6.07 Å². The summed E-state index contributed by atoms with van der Waals surface area (Å²) in [7, 11) is 1.57. The topological polar surface area (TPSA) is 122 Å².